The first-order valence-corrected chi connectivity index (χ1v) is 8.57. The molecule has 3 N–H and O–H groups in total. The maximum Gasteiger partial charge on any atom is 0.418 e. The smallest absolute Gasteiger partial charge is 0.397 e. The molecule has 1 heterocycles. The molecule has 0 bridgehead atoms. The molecule has 11 heteroatoms. The van der Waals surface area contributed by atoms with E-state index >= 15 is 0 Å². The summed E-state index contributed by atoms with van der Waals surface area (Å²) < 4.78 is 39.8. The predicted molar refractivity (Wildman–Crippen MR) is 94.6 cm³/mol. The van der Waals surface area contributed by atoms with Crippen LogP contribution in [0.4, 0.5) is 18.9 Å². The van der Waals surface area contributed by atoms with Crippen molar-refractivity contribution in [3.8, 4) is 17.3 Å². The summed E-state index contributed by atoms with van der Waals surface area (Å²) in [5.41, 5.74) is 2.24. The van der Waals surface area contributed by atoms with E-state index in [1.54, 1.807) is 0 Å². The number of anilines is 1. The molecule has 4 nitrogen and oxygen atoms in total. The summed E-state index contributed by atoms with van der Waals surface area (Å²) >= 11 is 24.7. The number of halogens is 7. The van der Waals surface area contributed by atoms with Gasteiger partial charge in [-0.15, -0.1) is 23.2 Å². The van der Waals surface area contributed by atoms with Gasteiger partial charge in [-0.2, -0.15) is 23.5 Å². The molecule has 0 saturated heterocycles. The summed E-state index contributed by atoms with van der Waals surface area (Å²) in [5.74, 6) is 0. The molecule has 0 spiro atoms. The van der Waals surface area contributed by atoms with Gasteiger partial charge in [0.15, 0.2) is 0 Å². The van der Waals surface area contributed by atoms with Crippen LogP contribution in [-0.4, -0.2) is 14.5 Å². The van der Waals surface area contributed by atoms with Gasteiger partial charge >= 0.3 is 6.18 Å². The minimum atomic E-state index is -4.84. The van der Waals surface area contributed by atoms with Crippen LogP contribution in [0.5, 0.6) is 0 Å². The lowest BCUT2D eigenvalue weighted by Crippen LogP contribution is -2.22. The van der Waals surface area contributed by atoms with E-state index in [0.717, 1.165) is 0 Å². The van der Waals surface area contributed by atoms with E-state index in [9.17, 15) is 18.4 Å². The molecule has 1 aliphatic carbocycles. The number of aromatic amines is 1. The van der Waals surface area contributed by atoms with Gasteiger partial charge in [-0.05, 0) is 12.0 Å². The number of rotatable bonds is 2. The Bertz CT molecular complexity index is 961. The maximum absolute atomic E-state index is 13.7. The van der Waals surface area contributed by atoms with E-state index in [1.165, 1.54) is 13.1 Å². The van der Waals surface area contributed by atoms with Gasteiger partial charge in [0, 0.05) is 11.0 Å². The number of benzene rings is 1. The Morgan fingerprint density at radius 2 is 1.88 bits per heavy atom. The molecule has 1 aliphatic rings. The zero-order valence-corrected chi connectivity index (χ0v) is 15.9. The number of nitrogen functional groups attached to an aromatic ring is 1. The largest absolute Gasteiger partial charge is 0.418 e. The van der Waals surface area contributed by atoms with E-state index in [2.05, 4.69) is 10.2 Å². The molecule has 0 aliphatic heterocycles. The van der Waals surface area contributed by atoms with Crippen LogP contribution in [0, 0.1) is 11.3 Å². The minimum absolute atomic E-state index is 0.0422. The second kappa shape index (κ2) is 5.83. The molecule has 0 radical (unpaired) electrons. The monoisotopic (exact) mass is 442 g/mol. The number of nitrogens with one attached hydrogen (secondary N) is 1. The summed E-state index contributed by atoms with van der Waals surface area (Å²) in [5, 5.41) is 14.6. The first-order chi connectivity index (χ1) is 11.9. The Hall–Kier alpha value is -1.33. The van der Waals surface area contributed by atoms with E-state index in [4.69, 9.17) is 52.1 Å². The Morgan fingerprint density at radius 1 is 1.31 bits per heavy atom. The molecular weight excluding hydrogens is 435 g/mol. The number of hydrogen-bond donors (Lipinski definition) is 2. The van der Waals surface area contributed by atoms with Gasteiger partial charge < -0.3 is 5.73 Å². The highest BCUT2D eigenvalue weighted by Crippen LogP contribution is 2.68. The Labute approximate surface area is 166 Å². The van der Waals surface area contributed by atoms with Crippen LogP contribution in [0.1, 0.15) is 30.0 Å². The van der Waals surface area contributed by atoms with Gasteiger partial charge in [-0.1, -0.05) is 30.1 Å². The van der Waals surface area contributed by atoms with Crippen molar-refractivity contribution in [2.75, 3.05) is 5.73 Å². The molecule has 1 aromatic heterocycles. The average Bonchev–Trinajstić information content (AvgIpc) is 2.86. The topological polar surface area (TPSA) is 78.5 Å². The van der Waals surface area contributed by atoms with Crippen molar-refractivity contribution in [2.24, 2.45) is 0 Å². The highest BCUT2D eigenvalue weighted by atomic mass is 35.5. The minimum Gasteiger partial charge on any atom is -0.397 e. The highest BCUT2D eigenvalue weighted by molar-refractivity contribution is 6.52. The highest BCUT2D eigenvalue weighted by Gasteiger charge is 2.67. The molecule has 2 aromatic rings. The molecule has 3 rings (SSSR count). The van der Waals surface area contributed by atoms with Crippen molar-refractivity contribution in [3.63, 3.8) is 0 Å². The van der Waals surface area contributed by atoms with Gasteiger partial charge in [-0.3, -0.25) is 5.10 Å². The SMILES string of the molecule is CC1(c2c(Cl)c(-c3[nH]ncc3C#N)c(Cl)c(N)c2C(F)(F)F)CC1(Cl)Cl. The van der Waals surface area contributed by atoms with Gasteiger partial charge in [0.05, 0.1) is 38.8 Å². The van der Waals surface area contributed by atoms with E-state index < -0.39 is 32.2 Å². The second-order valence-electron chi connectivity index (χ2n) is 6.15. The standard InChI is InChI=1S/C15H9Cl4F3N4/c1-13(4-14(13,18)19)7-8(15(20,21)22)11(24)10(17)6(9(7)16)12-5(2-23)3-25-26-12/h3H,4,24H2,1H3,(H,25,26). The van der Waals surface area contributed by atoms with E-state index in [1.807, 2.05) is 6.07 Å². The molecule has 1 aromatic carbocycles. The molecule has 1 saturated carbocycles. The van der Waals surface area contributed by atoms with Crippen LogP contribution >= 0.6 is 46.4 Å². The van der Waals surface area contributed by atoms with Crippen LogP contribution in [0.2, 0.25) is 10.0 Å². The van der Waals surface area contributed by atoms with E-state index in [-0.39, 0.29) is 33.8 Å². The van der Waals surface area contributed by atoms with Gasteiger partial charge in [-0.25, -0.2) is 0 Å². The number of hydrogen-bond acceptors (Lipinski definition) is 3. The van der Waals surface area contributed by atoms with Crippen molar-refractivity contribution in [1.82, 2.24) is 10.2 Å². The number of aromatic nitrogens is 2. The number of nitrogens with zero attached hydrogens (tertiary/aromatic N) is 2. The maximum atomic E-state index is 13.7. The number of nitrogens with two attached hydrogens (primary N) is 1. The molecule has 0 amide bonds. The molecule has 1 atom stereocenters. The fourth-order valence-electron chi connectivity index (χ4n) is 2.97. The van der Waals surface area contributed by atoms with Crippen molar-refractivity contribution in [3.05, 3.63) is 32.9 Å². The van der Waals surface area contributed by atoms with Crippen molar-refractivity contribution in [1.29, 1.82) is 5.26 Å². The van der Waals surface area contributed by atoms with Gasteiger partial charge in [0.25, 0.3) is 0 Å². The average molecular weight is 444 g/mol. The second-order valence-corrected chi connectivity index (χ2v) is 8.39. The van der Waals surface area contributed by atoms with Crippen LogP contribution in [-0.2, 0) is 11.6 Å². The number of H-pyrrole nitrogens is 1. The lowest BCUT2D eigenvalue weighted by Gasteiger charge is -2.25. The number of nitriles is 1. The van der Waals surface area contributed by atoms with Crippen molar-refractivity contribution < 1.29 is 13.2 Å². The summed E-state index contributed by atoms with van der Waals surface area (Å²) in [6, 6.07) is 1.86. The van der Waals surface area contributed by atoms with Crippen LogP contribution in [0.15, 0.2) is 6.20 Å². The van der Waals surface area contributed by atoms with E-state index in [0.29, 0.717) is 0 Å². The summed E-state index contributed by atoms with van der Waals surface area (Å²) in [7, 11) is 0. The lowest BCUT2D eigenvalue weighted by molar-refractivity contribution is -0.137. The molecule has 26 heavy (non-hydrogen) atoms. The molecule has 1 fully saturated rings. The first kappa shape index (κ1) is 19.4. The third kappa shape index (κ3) is 2.63. The lowest BCUT2D eigenvalue weighted by atomic mass is 9.88. The third-order valence-electron chi connectivity index (χ3n) is 4.52. The number of alkyl halides is 5. The quantitative estimate of drug-likeness (QED) is 0.462. The predicted octanol–water partition coefficient (Wildman–Crippen LogP) is 5.69. The van der Waals surface area contributed by atoms with Crippen LogP contribution in [0.25, 0.3) is 11.3 Å². The summed E-state index contributed by atoms with van der Waals surface area (Å²) in [4.78, 5) is 0. The van der Waals surface area contributed by atoms with Crippen molar-refractivity contribution >= 4 is 52.1 Å². The zero-order chi connectivity index (χ0) is 19.7. The summed E-state index contributed by atoms with van der Waals surface area (Å²) in [6.07, 6.45) is -3.60. The fraction of sp³-hybridized carbons (Fsp3) is 0.333. The fourth-order valence-corrected chi connectivity index (χ4v) is 4.52. The van der Waals surface area contributed by atoms with Gasteiger partial charge in [0.2, 0.25) is 0 Å². The Morgan fingerprint density at radius 3 is 2.35 bits per heavy atom. The Kier molecular flexibility index (Phi) is 4.36. The molecular formula is C15H9Cl4F3N4. The Balaban J connectivity index is 2.45. The summed E-state index contributed by atoms with van der Waals surface area (Å²) in [6.45, 7) is 1.46. The van der Waals surface area contributed by atoms with Crippen LogP contribution < -0.4 is 5.73 Å². The normalized spacial score (nSPS) is 21.5. The third-order valence-corrected chi connectivity index (χ3v) is 6.39. The molecule has 1 unspecified atom stereocenters. The molecule has 138 valence electrons. The van der Waals surface area contributed by atoms with Gasteiger partial charge in [0.1, 0.15) is 10.4 Å². The van der Waals surface area contributed by atoms with Crippen molar-refractivity contribution in [2.45, 2.75) is 29.3 Å². The van der Waals surface area contributed by atoms with Crippen LogP contribution in [0.3, 0.4) is 0 Å². The zero-order valence-electron chi connectivity index (χ0n) is 12.9. The first-order valence-electron chi connectivity index (χ1n) is 7.06.